The van der Waals surface area contributed by atoms with Crippen molar-refractivity contribution in [2.24, 2.45) is 0 Å². The number of benzene rings is 3. The minimum absolute atomic E-state index is 0.0850. The molecule has 170 valence electrons. The van der Waals surface area contributed by atoms with Gasteiger partial charge in [-0.05, 0) is 29.8 Å². The highest BCUT2D eigenvalue weighted by molar-refractivity contribution is 7.93. The molecule has 3 aromatic carbocycles. The Kier molecular flexibility index (Phi) is 6.60. The van der Waals surface area contributed by atoms with Crippen LogP contribution in [-0.4, -0.2) is 26.3 Å². The van der Waals surface area contributed by atoms with Gasteiger partial charge < -0.3 is 10.6 Å². The van der Waals surface area contributed by atoms with Gasteiger partial charge in [-0.2, -0.15) is 0 Å². The van der Waals surface area contributed by atoms with Crippen LogP contribution in [0.25, 0.3) is 0 Å². The molecular weight excluding hydrogens is 485 g/mol. The fraction of sp³-hybridized carbons (Fsp3) is 0.130. The minimum Gasteiger partial charge on any atom is -0.352 e. The van der Waals surface area contributed by atoms with Crippen LogP contribution in [-0.2, 0) is 26.2 Å². The molecule has 10 heteroatoms. The average molecular weight is 504 g/mol. The van der Waals surface area contributed by atoms with Crippen molar-refractivity contribution in [2.75, 3.05) is 9.62 Å². The molecule has 0 fully saturated rings. The van der Waals surface area contributed by atoms with E-state index in [9.17, 15) is 18.0 Å². The smallest absolute Gasteiger partial charge is 0.268 e. The van der Waals surface area contributed by atoms with Crippen molar-refractivity contribution in [2.45, 2.75) is 23.9 Å². The zero-order chi connectivity index (χ0) is 23.6. The van der Waals surface area contributed by atoms with E-state index >= 15 is 0 Å². The molecule has 0 aromatic heterocycles. The van der Waals surface area contributed by atoms with Gasteiger partial charge in [0.15, 0.2) is 0 Å². The van der Waals surface area contributed by atoms with Gasteiger partial charge >= 0.3 is 0 Å². The van der Waals surface area contributed by atoms with Gasteiger partial charge in [0.05, 0.1) is 27.8 Å². The summed E-state index contributed by atoms with van der Waals surface area (Å²) in [5, 5.41) is 5.24. The normalized spacial score (nSPS) is 15.5. The standard InChI is InChI=1S/C23H19Cl2N3O4S/c24-16-9-6-10-17(25)22(16)33(31,32)28-19-12-5-4-11-18(19)27-23(30)20(28)13-21(29)26-14-15-7-2-1-3-8-15/h1-12,20H,13-14H2,(H,26,29)(H,27,30)/t20-/m1/s1. The fourth-order valence-corrected chi connectivity index (χ4v) is 6.34. The first-order valence-corrected chi connectivity index (χ1v) is 12.2. The molecule has 7 nitrogen and oxygen atoms in total. The molecule has 0 spiro atoms. The molecule has 33 heavy (non-hydrogen) atoms. The van der Waals surface area contributed by atoms with Gasteiger partial charge in [0.25, 0.3) is 10.0 Å². The number of sulfonamides is 1. The molecule has 0 aliphatic carbocycles. The van der Waals surface area contributed by atoms with Crippen molar-refractivity contribution < 1.29 is 18.0 Å². The number of hydrogen-bond donors (Lipinski definition) is 2. The molecule has 2 N–H and O–H groups in total. The number of amides is 2. The summed E-state index contributed by atoms with van der Waals surface area (Å²) >= 11 is 12.4. The number of halogens is 2. The monoisotopic (exact) mass is 503 g/mol. The number of rotatable bonds is 6. The van der Waals surface area contributed by atoms with Gasteiger partial charge in [0.1, 0.15) is 10.9 Å². The largest absolute Gasteiger partial charge is 0.352 e. The summed E-state index contributed by atoms with van der Waals surface area (Å²) in [6.45, 7) is 0.244. The summed E-state index contributed by atoms with van der Waals surface area (Å²) in [5.74, 6) is -1.11. The van der Waals surface area contributed by atoms with Gasteiger partial charge in [-0.3, -0.25) is 13.9 Å². The Morgan fingerprint density at radius 3 is 2.27 bits per heavy atom. The Labute approximate surface area is 201 Å². The number of nitrogens with zero attached hydrogens (tertiary/aromatic N) is 1. The number of nitrogens with one attached hydrogen (secondary N) is 2. The quantitative estimate of drug-likeness (QED) is 0.526. The maximum atomic E-state index is 13.8. The van der Waals surface area contributed by atoms with Crippen LogP contribution >= 0.6 is 23.2 Å². The average Bonchev–Trinajstić information content (AvgIpc) is 2.78. The number of carbonyl (C=O) groups is 2. The second-order valence-corrected chi connectivity index (χ2v) is 9.91. The number of para-hydroxylation sites is 2. The van der Waals surface area contributed by atoms with Crippen molar-refractivity contribution in [3.05, 3.63) is 88.4 Å². The van der Waals surface area contributed by atoms with E-state index in [0.29, 0.717) is 5.69 Å². The van der Waals surface area contributed by atoms with E-state index in [4.69, 9.17) is 23.2 Å². The molecule has 4 rings (SSSR count). The summed E-state index contributed by atoms with van der Waals surface area (Å²) in [7, 11) is -4.40. The lowest BCUT2D eigenvalue weighted by Gasteiger charge is -2.37. The van der Waals surface area contributed by atoms with Crippen LogP contribution in [0.1, 0.15) is 12.0 Å². The molecular formula is C23H19Cl2N3O4S. The van der Waals surface area contributed by atoms with Crippen molar-refractivity contribution >= 4 is 56.4 Å². The van der Waals surface area contributed by atoms with Gasteiger partial charge in [-0.1, -0.05) is 71.7 Å². The van der Waals surface area contributed by atoms with Crippen molar-refractivity contribution in [3.63, 3.8) is 0 Å². The summed E-state index contributed by atoms with van der Waals surface area (Å²) < 4.78 is 28.4. The second kappa shape index (κ2) is 9.43. The Morgan fingerprint density at radius 2 is 1.58 bits per heavy atom. The van der Waals surface area contributed by atoms with E-state index in [1.54, 1.807) is 24.3 Å². The van der Waals surface area contributed by atoms with E-state index < -0.39 is 34.3 Å². The molecule has 3 aromatic rings. The van der Waals surface area contributed by atoms with Gasteiger partial charge in [-0.25, -0.2) is 8.42 Å². The minimum atomic E-state index is -4.40. The Bertz CT molecular complexity index is 1300. The molecule has 0 bridgehead atoms. The highest BCUT2D eigenvalue weighted by Crippen LogP contribution is 2.40. The van der Waals surface area contributed by atoms with Crippen molar-refractivity contribution in [1.82, 2.24) is 5.32 Å². The van der Waals surface area contributed by atoms with Crippen LogP contribution in [0.4, 0.5) is 11.4 Å². The van der Waals surface area contributed by atoms with E-state index in [-0.39, 0.29) is 27.2 Å². The van der Waals surface area contributed by atoms with Crippen LogP contribution in [0.3, 0.4) is 0 Å². The topological polar surface area (TPSA) is 95.6 Å². The third-order valence-electron chi connectivity index (χ3n) is 5.13. The Balaban J connectivity index is 1.71. The van der Waals surface area contributed by atoms with Gasteiger partial charge in [-0.15, -0.1) is 0 Å². The van der Waals surface area contributed by atoms with Gasteiger partial charge in [0.2, 0.25) is 11.8 Å². The zero-order valence-electron chi connectivity index (χ0n) is 17.2. The Hall–Kier alpha value is -3.07. The third-order valence-corrected chi connectivity index (χ3v) is 7.91. The SMILES string of the molecule is O=C(C[C@@H]1C(=O)Nc2ccccc2N1S(=O)(=O)c1c(Cl)cccc1Cl)NCc1ccccc1. The lowest BCUT2D eigenvalue weighted by atomic mass is 10.1. The highest BCUT2D eigenvalue weighted by atomic mass is 35.5. The van der Waals surface area contributed by atoms with Crippen LogP contribution in [0.15, 0.2) is 77.7 Å². The molecule has 1 aliphatic heterocycles. The lowest BCUT2D eigenvalue weighted by Crippen LogP contribution is -2.52. The molecule has 1 aliphatic rings. The molecule has 1 heterocycles. The van der Waals surface area contributed by atoms with Crippen molar-refractivity contribution in [1.29, 1.82) is 0 Å². The molecule has 0 radical (unpaired) electrons. The van der Waals surface area contributed by atoms with E-state index in [0.717, 1.165) is 9.87 Å². The maximum absolute atomic E-state index is 13.8. The van der Waals surface area contributed by atoms with E-state index in [1.165, 1.54) is 18.2 Å². The number of hydrogen-bond acceptors (Lipinski definition) is 4. The van der Waals surface area contributed by atoms with Crippen LogP contribution in [0, 0.1) is 0 Å². The first kappa shape index (κ1) is 23.1. The number of anilines is 2. The molecule has 2 amide bonds. The maximum Gasteiger partial charge on any atom is 0.268 e. The number of carbonyl (C=O) groups excluding carboxylic acids is 2. The lowest BCUT2D eigenvalue weighted by molar-refractivity contribution is -0.125. The summed E-state index contributed by atoms with van der Waals surface area (Å²) in [6, 6.07) is 18.7. The van der Waals surface area contributed by atoms with Crippen LogP contribution in [0.5, 0.6) is 0 Å². The van der Waals surface area contributed by atoms with Crippen LogP contribution < -0.4 is 14.9 Å². The first-order valence-electron chi connectivity index (χ1n) is 9.98. The van der Waals surface area contributed by atoms with Crippen molar-refractivity contribution in [3.8, 4) is 0 Å². The predicted octanol–water partition coefficient (Wildman–Crippen LogP) is 4.22. The molecule has 0 saturated carbocycles. The van der Waals surface area contributed by atoms with E-state index in [1.807, 2.05) is 30.3 Å². The molecule has 1 atom stereocenters. The molecule has 0 unspecified atom stereocenters. The fourth-order valence-electron chi connectivity index (χ4n) is 3.61. The Morgan fingerprint density at radius 1 is 0.939 bits per heavy atom. The summed E-state index contributed by atoms with van der Waals surface area (Å²) in [5.41, 5.74) is 1.39. The third kappa shape index (κ3) is 4.68. The first-order chi connectivity index (χ1) is 15.8. The predicted molar refractivity (Wildman–Crippen MR) is 128 cm³/mol. The highest BCUT2D eigenvalue weighted by Gasteiger charge is 2.43. The summed E-state index contributed by atoms with van der Waals surface area (Å²) in [6.07, 6.45) is -0.395. The van der Waals surface area contributed by atoms with Crippen LogP contribution in [0.2, 0.25) is 10.0 Å². The number of fused-ring (bicyclic) bond motifs is 1. The van der Waals surface area contributed by atoms with E-state index in [2.05, 4.69) is 10.6 Å². The zero-order valence-corrected chi connectivity index (χ0v) is 19.5. The molecule has 0 saturated heterocycles. The summed E-state index contributed by atoms with van der Waals surface area (Å²) in [4.78, 5) is 25.4. The van der Waals surface area contributed by atoms with Gasteiger partial charge in [0, 0.05) is 6.54 Å². The second-order valence-electron chi connectivity index (χ2n) is 7.34.